The summed E-state index contributed by atoms with van der Waals surface area (Å²) in [6.45, 7) is 9.36. The summed E-state index contributed by atoms with van der Waals surface area (Å²) in [5, 5.41) is 10.2. The van der Waals surface area contributed by atoms with Gasteiger partial charge in [0.15, 0.2) is 0 Å². The third-order valence-corrected chi connectivity index (χ3v) is 7.00. The van der Waals surface area contributed by atoms with E-state index in [0.717, 1.165) is 24.3 Å². The van der Waals surface area contributed by atoms with Crippen LogP contribution in [0, 0.1) is 13.8 Å². The molecule has 0 saturated heterocycles. The van der Waals surface area contributed by atoms with Gasteiger partial charge < -0.3 is 9.67 Å². The number of hydrogen-bond acceptors (Lipinski definition) is 2. The number of aromatic nitrogens is 2. The molecule has 3 heteroatoms. The zero-order chi connectivity index (χ0) is 23.2. The lowest BCUT2D eigenvalue weighted by Gasteiger charge is -2.11. The van der Waals surface area contributed by atoms with Gasteiger partial charge in [0.05, 0.1) is 11.0 Å². The Labute approximate surface area is 198 Å². The van der Waals surface area contributed by atoms with E-state index in [1.54, 1.807) is 0 Å². The molecule has 0 bridgehead atoms. The first-order valence-electron chi connectivity index (χ1n) is 13.7. The zero-order valence-electron chi connectivity index (χ0n) is 21.6. The molecule has 1 N–H and O–H groups in total. The number of aliphatic hydroxyl groups is 1. The van der Waals surface area contributed by atoms with Crippen LogP contribution in [-0.2, 0) is 6.54 Å². The lowest BCUT2D eigenvalue weighted by Crippen LogP contribution is -2.07. The molecular formula is C29H50N2O. The molecule has 0 aliphatic heterocycles. The van der Waals surface area contributed by atoms with Crippen molar-refractivity contribution in [3.05, 3.63) is 29.1 Å². The third-order valence-electron chi connectivity index (χ3n) is 7.00. The second-order valence-corrected chi connectivity index (χ2v) is 10.0. The molecule has 0 spiro atoms. The maximum absolute atomic E-state index is 10.2. The van der Waals surface area contributed by atoms with Gasteiger partial charge in [0.25, 0.3) is 0 Å². The van der Waals surface area contributed by atoms with E-state index in [2.05, 4.69) is 37.5 Å². The Kier molecular flexibility index (Phi) is 13.0. The minimum absolute atomic E-state index is 0.524. The van der Waals surface area contributed by atoms with Crippen LogP contribution >= 0.6 is 0 Å². The minimum atomic E-state index is -0.524. The van der Waals surface area contributed by atoms with Crippen molar-refractivity contribution in [3.63, 3.8) is 0 Å². The van der Waals surface area contributed by atoms with E-state index in [4.69, 9.17) is 4.98 Å². The van der Waals surface area contributed by atoms with Crippen LogP contribution < -0.4 is 0 Å². The molecule has 182 valence electrons. The maximum atomic E-state index is 10.2. The Balaban J connectivity index is 1.54. The van der Waals surface area contributed by atoms with E-state index in [0.29, 0.717) is 0 Å². The summed E-state index contributed by atoms with van der Waals surface area (Å²) >= 11 is 0. The number of aryl methyl sites for hydroxylation is 3. The highest BCUT2D eigenvalue weighted by Crippen LogP contribution is 2.25. The molecule has 0 aliphatic rings. The van der Waals surface area contributed by atoms with Crippen molar-refractivity contribution >= 4 is 11.0 Å². The fourth-order valence-electron chi connectivity index (χ4n) is 4.77. The Morgan fingerprint density at radius 1 is 0.719 bits per heavy atom. The number of imidazole rings is 1. The summed E-state index contributed by atoms with van der Waals surface area (Å²) < 4.78 is 2.25. The van der Waals surface area contributed by atoms with Crippen LogP contribution in [0.4, 0.5) is 0 Å². The largest absolute Gasteiger partial charge is 0.385 e. The Bertz CT molecular complexity index is 762. The lowest BCUT2D eigenvalue weighted by atomic mass is 10.0. The molecule has 1 unspecified atom stereocenters. The topological polar surface area (TPSA) is 38.0 Å². The van der Waals surface area contributed by atoms with Crippen LogP contribution in [0.15, 0.2) is 12.1 Å². The molecule has 2 rings (SSSR count). The van der Waals surface area contributed by atoms with E-state index in [1.807, 2.05) is 6.92 Å². The molecule has 0 radical (unpaired) electrons. The average molecular weight is 443 g/mol. The zero-order valence-corrected chi connectivity index (χ0v) is 21.6. The highest BCUT2D eigenvalue weighted by Gasteiger charge is 2.15. The van der Waals surface area contributed by atoms with Gasteiger partial charge in [-0.05, 0) is 50.5 Å². The number of aliphatic hydroxyl groups excluding tert-OH is 1. The SMILES string of the molecule is CCCCCCCCCCCCCCCCCCn1c(C(C)O)nc2cc(C)c(C)cc21. The van der Waals surface area contributed by atoms with Gasteiger partial charge in [0, 0.05) is 6.54 Å². The van der Waals surface area contributed by atoms with E-state index < -0.39 is 6.10 Å². The summed E-state index contributed by atoms with van der Waals surface area (Å²) in [4.78, 5) is 4.72. The van der Waals surface area contributed by atoms with E-state index in [1.165, 1.54) is 113 Å². The molecule has 1 atom stereocenters. The molecular weight excluding hydrogens is 392 g/mol. The number of unbranched alkanes of at least 4 members (excludes halogenated alkanes) is 15. The maximum Gasteiger partial charge on any atom is 0.138 e. The Morgan fingerprint density at radius 3 is 1.62 bits per heavy atom. The molecule has 1 heterocycles. The van der Waals surface area contributed by atoms with Crippen LogP contribution in [0.2, 0.25) is 0 Å². The van der Waals surface area contributed by atoms with Crippen molar-refractivity contribution in [1.82, 2.24) is 9.55 Å². The third kappa shape index (κ3) is 9.25. The molecule has 1 aromatic heterocycles. The Morgan fingerprint density at radius 2 is 1.16 bits per heavy atom. The van der Waals surface area contributed by atoms with Gasteiger partial charge >= 0.3 is 0 Å². The predicted octanol–water partition coefficient (Wildman–Crippen LogP) is 8.97. The molecule has 32 heavy (non-hydrogen) atoms. The molecule has 2 aromatic rings. The molecule has 0 amide bonds. The van der Waals surface area contributed by atoms with Gasteiger partial charge in [-0.3, -0.25) is 0 Å². The predicted molar refractivity (Wildman–Crippen MR) is 139 cm³/mol. The van der Waals surface area contributed by atoms with E-state index in [-0.39, 0.29) is 0 Å². The molecule has 3 nitrogen and oxygen atoms in total. The van der Waals surface area contributed by atoms with Crippen molar-refractivity contribution in [2.45, 2.75) is 143 Å². The highest BCUT2D eigenvalue weighted by atomic mass is 16.3. The minimum Gasteiger partial charge on any atom is -0.385 e. The fraction of sp³-hybridized carbons (Fsp3) is 0.759. The summed E-state index contributed by atoms with van der Waals surface area (Å²) in [5.41, 5.74) is 4.75. The molecule has 0 aliphatic carbocycles. The van der Waals surface area contributed by atoms with Crippen molar-refractivity contribution in [3.8, 4) is 0 Å². The summed E-state index contributed by atoms with van der Waals surface area (Å²) in [5.74, 6) is 0.811. The lowest BCUT2D eigenvalue weighted by molar-refractivity contribution is 0.184. The van der Waals surface area contributed by atoms with Crippen molar-refractivity contribution < 1.29 is 5.11 Å². The number of benzene rings is 1. The number of nitrogens with zero attached hydrogens (tertiary/aromatic N) is 2. The second kappa shape index (κ2) is 15.5. The van der Waals surface area contributed by atoms with Crippen molar-refractivity contribution in [2.75, 3.05) is 0 Å². The number of fused-ring (bicyclic) bond motifs is 1. The first-order valence-corrected chi connectivity index (χ1v) is 13.7. The monoisotopic (exact) mass is 442 g/mol. The van der Waals surface area contributed by atoms with Gasteiger partial charge in [-0.25, -0.2) is 4.98 Å². The summed E-state index contributed by atoms with van der Waals surface area (Å²) in [7, 11) is 0. The standard InChI is InChI=1S/C29H50N2O/c1-5-6-7-8-9-10-11-12-13-14-15-16-17-18-19-20-21-31-28-23-25(3)24(2)22-27(28)30-29(31)26(4)32/h22-23,26,32H,5-21H2,1-4H3. The average Bonchev–Trinajstić information content (AvgIpc) is 3.11. The second-order valence-electron chi connectivity index (χ2n) is 10.0. The fourth-order valence-corrected chi connectivity index (χ4v) is 4.77. The van der Waals surface area contributed by atoms with Crippen LogP contribution in [0.25, 0.3) is 11.0 Å². The number of hydrogen-bond donors (Lipinski definition) is 1. The molecule has 0 saturated carbocycles. The van der Waals surface area contributed by atoms with Gasteiger partial charge in [0.2, 0.25) is 0 Å². The van der Waals surface area contributed by atoms with E-state index in [9.17, 15) is 5.11 Å². The number of rotatable bonds is 18. The highest BCUT2D eigenvalue weighted by molar-refractivity contribution is 5.78. The van der Waals surface area contributed by atoms with Crippen LogP contribution in [0.3, 0.4) is 0 Å². The quantitative estimate of drug-likeness (QED) is 0.234. The van der Waals surface area contributed by atoms with Crippen molar-refractivity contribution in [2.24, 2.45) is 0 Å². The van der Waals surface area contributed by atoms with Crippen LogP contribution in [-0.4, -0.2) is 14.7 Å². The van der Waals surface area contributed by atoms with E-state index >= 15 is 0 Å². The van der Waals surface area contributed by atoms with Crippen LogP contribution in [0.1, 0.15) is 140 Å². The summed E-state index contributed by atoms with van der Waals surface area (Å²) in [6.07, 6.45) is 21.7. The van der Waals surface area contributed by atoms with Gasteiger partial charge in [-0.2, -0.15) is 0 Å². The first-order chi connectivity index (χ1) is 15.5. The van der Waals surface area contributed by atoms with Gasteiger partial charge in [-0.1, -0.05) is 103 Å². The van der Waals surface area contributed by atoms with Crippen LogP contribution in [0.5, 0.6) is 0 Å². The van der Waals surface area contributed by atoms with Gasteiger partial charge in [0.1, 0.15) is 11.9 Å². The first kappa shape index (κ1) is 26.9. The summed E-state index contributed by atoms with van der Waals surface area (Å²) in [6, 6.07) is 4.39. The van der Waals surface area contributed by atoms with Gasteiger partial charge in [-0.15, -0.1) is 0 Å². The molecule has 0 fully saturated rings. The van der Waals surface area contributed by atoms with Crippen molar-refractivity contribution in [1.29, 1.82) is 0 Å². The molecule has 1 aromatic carbocycles. The normalized spacial score (nSPS) is 12.7. The smallest absolute Gasteiger partial charge is 0.138 e. The Hall–Kier alpha value is -1.35.